The van der Waals surface area contributed by atoms with E-state index in [1.54, 1.807) is 37.3 Å². The Morgan fingerprint density at radius 2 is 1.81 bits per heavy atom. The zero-order valence-electron chi connectivity index (χ0n) is 16.8. The molecule has 8 heteroatoms. The number of carbonyl (C=O) groups is 1. The number of carbonyl (C=O) groups excluding carboxylic acids is 1. The van der Waals surface area contributed by atoms with Gasteiger partial charge in [0.05, 0.1) is 10.7 Å². The number of nitrogens with zero attached hydrogens (tertiary/aromatic N) is 1. The zero-order valence-corrected chi connectivity index (χ0v) is 18.4. The van der Waals surface area contributed by atoms with Gasteiger partial charge < -0.3 is 10.1 Å². The number of nitrogens with one attached hydrogen (secondary N) is 1. The van der Waals surface area contributed by atoms with Crippen molar-refractivity contribution < 1.29 is 17.9 Å². The maximum Gasteiger partial charge on any atom is 0.265 e. The first kappa shape index (κ1) is 21.2. The number of ether oxygens (including phenoxy) is 1. The Morgan fingerprint density at radius 1 is 1.10 bits per heavy atom. The van der Waals surface area contributed by atoms with E-state index in [0.29, 0.717) is 23.5 Å². The van der Waals surface area contributed by atoms with Crippen LogP contribution in [0.1, 0.15) is 12.5 Å². The van der Waals surface area contributed by atoms with Crippen LogP contribution in [0.4, 0.5) is 11.4 Å². The van der Waals surface area contributed by atoms with Crippen molar-refractivity contribution in [2.75, 3.05) is 16.2 Å². The largest absolute Gasteiger partial charge is 0.480 e. The van der Waals surface area contributed by atoms with Gasteiger partial charge in [-0.25, -0.2) is 8.42 Å². The summed E-state index contributed by atoms with van der Waals surface area (Å²) in [5, 5.41) is 2.83. The van der Waals surface area contributed by atoms with Crippen LogP contribution in [0.3, 0.4) is 0 Å². The van der Waals surface area contributed by atoms with Gasteiger partial charge in [-0.2, -0.15) is 0 Å². The average molecular weight is 457 g/mol. The lowest BCUT2D eigenvalue weighted by molar-refractivity contribution is -0.122. The minimum atomic E-state index is -3.94. The number of benzene rings is 3. The molecule has 160 valence electrons. The van der Waals surface area contributed by atoms with Gasteiger partial charge in [0.25, 0.3) is 15.9 Å². The Labute approximate surface area is 186 Å². The molecule has 1 N–H and O–H groups in total. The fraction of sp³-hybridized carbons (Fsp3) is 0.174. The van der Waals surface area contributed by atoms with Crippen LogP contribution in [0.5, 0.6) is 5.75 Å². The van der Waals surface area contributed by atoms with Crippen LogP contribution in [0, 0.1) is 0 Å². The molecule has 0 saturated carbocycles. The molecule has 0 saturated heterocycles. The molecule has 0 radical (unpaired) electrons. The lowest BCUT2D eigenvalue weighted by Gasteiger charge is -2.23. The van der Waals surface area contributed by atoms with Gasteiger partial charge in [-0.15, -0.1) is 0 Å². The van der Waals surface area contributed by atoms with Crippen molar-refractivity contribution in [1.29, 1.82) is 0 Å². The van der Waals surface area contributed by atoms with Gasteiger partial charge in [-0.05, 0) is 48.9 Å². The molecule has 0 spiro atoms. The maximum atomic E-state index is 13.3. The SMILES string of the molecule is CCN(c1ccccc1)S(=O)(=O)c1cc(NC(=O)C2Cc3ccccc3O2)ccc1Cl. The van der Waals surface area contributed by atoms with Gasteiger partial charge >= 0.3 is 0 Å². The standard InChI is InChI=1S/C23H21ClN2O4S/c1-2-26(18-9-4-3-5-10-18)31(28,29)22-15-17(12-13-19(22)24)25-23(27)21-14-16-8-6-7-11-20(16)30-21/h3-13,15,21H,2,14H2,1H3,(H,25,27). The van der Waals surface area contributed by atoms with Crippen molar-refractivity contribution in [3.63, 3.8) is 0 Å². The van der Waals surface area contributed by atoms with Gasteiger partial charge in [0.2, 0.25) is 0 Å². The summed E-state index contributed by atoms with van der Waals surface area (Å²) in [7, 11) is -3.94. The van der Waals surface area contributed by atoms with Crippen LogP contribution in [0.15, 0.2) is 77.7 Å². The second kappa shape index (κ2) is 8.61. The van der Waals surface area contributed by atoms with Crippen molar-refractivity contribution in [1.82, 2.24) is 0 Å². The van der Waals surface area contributed by atoms with E-state index in [4.69, 9.17) is 16.3 Å². The molecule has 0 aromatic heterocycles. The molecule has 1 aliphatic rings. The number of fused-ring (bicyclic) bond motifs is 1. The van der Waals surface area contributed by atoms with Gasteiger partial charge in [-0.3, -0.25) is 9.10 Å². The predicted octanol–water partition coefficient (Wildman–Crippen LogP) is 4.50. The van der Waals surface area contributed by atoms with Crippen molar-refractivity contribution >= 4 is 38.9 Å². The van der Waals surface area contributed by atoms with Gasteiger partial charge in [0, 0.05) is 18.7 Å². The molecule has 1 atom stereocenters. The third-order valence-electron chi connectivity index (χ3n) is 5.04. The molecule has 31 heavy (non-hydrogen) atoms. The van der Waals surface area contributed by atoms with E-state index in [1.165, 1.54) is 16.4 Å². The van der Waals surface area contributed by atoms with Crippen molar-refractivity contribution in [2.45, 2.75) is 24.3 Å². The highest BCUT2D eigenvalue weighted by Gasteiger charge is 2.30. The van der Waals surface area contributed by atoms with Crippen molar-refractivity contribution in [3.05, 3.63) is 83.4 Å². The minimum absolute atomic E-state index is 0.0757. The second-order valence-corrected chi connectivity index (χ2v) is 9.30. The molecule has 4 rings (SSSR count). The molecule has 0 aliphatic carbocycles. The summed E-state index contributed by atoms with van der Waals surface area (Å²) < 4.78 is 33.6. The summed E-state index contributed by atoms with van der Waals surface area (Å²) in [5.74, 6) is 0.334. The van der Waals surface area contributed by atoms with Gasteiger partial charge in [0.15, 0.2) is 6.10 Å². The second-order valence-electron chi connectivity index (χ2n) is 7.06. The van der Waals surface area contributed by atoms with Crippen LogP contribution in [-0.2, 0) is 21.2 Å². The highest BCUT2D eigenvalue weighted by Crippen LogP contribution is 2.32. The average Bonchev–Trinajstić information content (AvgIpc) is 3.20. The van der Waals surface area contributed by atoms with E-state index in [0.717, 1.165) is 5.56 Å². The molecule has 1 unspecified atom stereocenters. The van der Waals surface area contributed by atoms with Crippen molar-refractivity contribution in [3.8, 4) is 5.75 Å². The Morgan fingerprint density at radius 3 is 2.52 bits per heavy atom. The number of halogens is 1. The summed E-state index contributed by atoms with van der Waals surface area (Å²) in [4.78, 5) is 12.6. The number of sulfonamides is 1. The molecular weight excluding hydrogens is 436 g/mol. The first-order valence-corrected chi connectivity index (χ1v) is 11.6. The molecule has 1 heterocycles. The molecule has 6 nitrogen and oxygen atoms in total. The molecule has 1 aliphatic heterocycles. The number of rotatable bonds is 6. The lowest BCUT2D eigenvalue weighted by atomic mass is 10.1. The van der Waals surface area contributed by atoms with E-state index < -0.39 is 16.1 Å². The van der Waals surface area contributed by atoms with E-state index in [-0.39, 0.29) is 22.4 Å². The van der Waals surface area contributed by atoms with Crippen LogP contribution < -0.4 is 14.4 Å². The summed E-state index contributed by atoms with van der Waals surface area (Å²) in [6.45, 7) is 1.98. The monoisotopic (exact) mass is 456 g/mol. The molecule has 3 aromatic carbocycles. The van der Waals surface area contributed by atoms with Crippen LogP contribution >= 0.6 is 11.6 Å². The summed E-state index contributed by atoms with van der Waals surface area (Å²) in [6, 6.07) is 20.7. The van der Waals surface area contributed by atoms with Crippen LogP contribution in [0.25, 0.3) is 0 Å². The highest BCUT2D eigenvalue weighted by molar-refractivity contribution is 7.93. The van der Waals surface area contributed by atoms with E-state index >= 15 is 0 Å². The Hall–Kier alpha value is -3.03. The van der Waals surface area contributed by atoms with Crippen LogP contribution in [0.2, 0.25) is 5.02 Å². The molecule has 3 aromatic rings. The summed E-state index contributed by atoms with van der Waals surface area (Å²) in [6.07, 6.45) is -0.220. The number of para-hydroxylation sites is 2. The fourth-order valence-electron chi connectivity index (χ4n) is 3.53. The van der Waals surface area contributed by atoms with Crippen LogP contribution in [-0.4, -0.2) is 27.0 Å². The fourth-order valence-corrected chi connectivity index (χ4v) is 5.51. The lowest BCUT2D eigenvalue weighted by Crippen LogP contribution is -2.32. The first-order chi connectivity index (χ1) is 14.9. The Bertz CT molecular complexity index is 1190. The highest BCUT2D eigenvalue weighted by atomic mass is 35.5. The van der Waals surface area contributed by atoms with E-state index in [2.05, 4.69) is 5.32 Å². The smallest absolute Gasteiger partial charge is 0.265 e. The van der Waals surface area contributed by atoms with E-state index in [1.807, 2.05) is 30.3 Å². The molecular formula is C23H21ClN2O4S. The molecule has 0 bridgehead atoms. The number of anilines is 2. The first-order valence-electron chi connectivity index (χ1n) is 9.83. The third-order valence-corrected chi connectivity index (χ3v) is 7.42. The Kier molecular flexibility index (Phi) is 5.89. The maximum absolute atomic E-state index is 13.3. The summed E-state index contributed by atoms with van der Waals surface area (Å²) >= 11 is 6.25. The zero-order chi connectivity index (χ0) is 22.0. The van der Waals surface area contributed by atoms with E-state index in [9.17, 15) is 13.2 Å². The number of hydrogen-bond acceptors (Lipinski definition) is 4. The normalized spacial score (nSPS) is 15.1. The minimum Gasteiger partial charge on any atom is -0.480 e. The number of hydrogen-bond donors (Lipinski definition) is 1. The summed E-state index contributed by atoms with van der Waals surface area (Å²) in [5.41, 5.74) is 1.83. The van der Waals surface area contributed by atoms with Crippen molar-refractivity contribution in [2.24, 2.45) is 0 Å². The Balaban J connectivity index is 1.58. The third kappa shape index (κ3) is 4.24. The quantitative estimate of drug-likeness (QED) is 0.592. The molecule has 1 amide bonds. The predicted molar refractivity (Wildman–Crippen MR) is 121 cm³/mol. The number of amides is 1. The van der Waals surface area contributed by atoms with Gasteiger partial charge in [0.1, 0.15) is 10.6 Å². The molecule has 0 fully saturated rings. The van der Waals surface area contributed by atoms with Gasteiger partial charge in [-0.1, -0.05) is 48.0 Å². The topological polar surface area (TPSA) is 75.7 Å².